The number of carbonyl (C=O) groups excluding carboxylic acids is 1. The number of methoxy groups -OCH3 is 2. The summed E-state index contributed by atoms with van der Waals surface area (Å²) in [6.45, 7) is 5.47. The van der Waals surface area contributed by atoms with Gasteiger partial charge in [0.05, 0.1) is 30.0 Å². The number of carbonyl (C=O) groups is 1. The van der Waals surface area contributed by atoms with Crippen LogP contribution in [0.2, 0.25) is 5.02 Å². The molecule has 0 spiro atoms. The monoisotopic (exact) mass is 599 g/mol. The highest BCUT2D eigenvalue weighted by Gasteiger charge is 2.20. The molecule has 1 aromatic carbocycles. The predicted octanol–water partition coefficient (Wildman–Crippen LogP) is 4.85. The lowest BCUT2D eigenvalue weighted by Crippen LogP contribution is -2.27. The number of ether oxygens (including phenoxy) is 3. The van der Waals surface area contributed by atoms with Gasteiger partial charge in [-0.15, -0.1) is 0 Å². The molecule has 1 N–H and O–H groups in total. The van der Waals surface area contributed by atoms with Crippen LogP contribution in [0.25, 0.3) is 22.2 Å². The Morgan fingerprint density at radius 2 is 1.85 bits per heavy atom. The van der Waals surface area contributed by atoms with Crippen LogP contribution in [-0.4, -0.2) is 55.9 Å². The molecule has 0 fully saturated rings. The van der Waals surface area contributed by atoms with E-state index in [9.17, 15) is 13.8 Å². The molecule has 0 bridgehead atoms. The third-order valence-electron chi connectivity index (χ3n) is 5.85. The first-order valence-electron chi connectivity index (χ1n) is 12.5. The van der Waals surface area contributed by atoms with Crippen molar-refractivity contribution in [3.63, 3.8) is 0 Å². The van der Waals surface area contributed by atoms with Crippen LogP contribution in [-0.2, 0) is 28.5 Å². The SMILES string of the molecule is COc1cc(OC)c(Cl)c(-c2cc3cnc(S(C)=O)nc3n(CCc3cccc(NC(=O)OC(C)(C)C)n3)c2=O)c1. The smallest absolute Gasteiger partial charge is 0.413 e. The average Bonchev–Trinajstić information content (AvgIpc) is 2.91. The maximum atomic E-state index is 14.0. The van der Waals surface area contributed by atoms with Gasteiger partial charge < -0.3 is 14.2 Å². The van der Waals surface area contributed by atoms with Crippen LogP contribution < -0.4 is 20.3 Å². The first-order valence-corrected chi connectivity index (χ1v) is 14.5. The Morgan fingerprint density at radius 3 is 2.51 bits per heavy atom. The van der Waals surface area contributed by atoms with E-state index in [0.717, 1.165) is 0 Å². The number of pyridine rings is 2. The lowest BCUT2D eigenvalue weighted by atomic mass is 10.0. The molecule has 3 aromatic heterocycles. The van der Waals surface area contributed by atoms with Gasteiger partial charge in [-0.2, -0.15) is 0 Å². The number of nitrogens with one attached hydrogen (secondary N) is 1. The number of benzene rings is 1. The molecule has 0 aliphatic heterocycles. The second-order valence-electron chi connectivity index (χ2n) is 9.98. The highest BCUT2D eigenvalue weighted by molar-refractivity contribution is 7.84. The van der Waals surface area contributed by atoms with Crippen molar-refractivity contribution in [3.05, 3.63) is 63.7 Å². The third-order valence-corrected chi connectivity index (χ3v) is 6.95. The molecule has 11 nitrogen and oxygen atoms in total. The van der Waals surface area contributed by atoms with Gasteiger partial charge in [0.25, 0.3) is 5.56 Å². The number of aryl methyl sites for hydroxylation is 2. The van der Waals surface area contributed by atoms with Crippen molar-refractivity contribution in [1.82, 2.24) is 19.5 Å². The number of anilines is 1. The summed E-state index contributed by atoms with van der Waals surface area (Å²) in [6.07, 6.45) is 2.67. The van der Waals surface area contributed by atoms with E-state index in [0.29, 0.717) is 46.0 Å². The maximum Gasteiger partial charge on any atom is 0.413 e. The van der Waals surface area contributed by atoms with E-state index < -0.39 is 22.5 Å². The van der Waals surface area contributed by atoms with Crippen molar-refractivity contribution < 1.29 is 23.2 Å². The van der Waals surface area contributed by atoms with E-state index >= 15 is 0 Å². The van der Waals surface area contributed by atoms with Gasteiger partial charge in [0.2, 0.25) is 5.16 Å². The Hall–Kier alpha value is -4.03. The molecule has 13 heteroatoms. The summed E-state index contributed by atoms with van der Waals surface area (Å²) < 4.78 is 29.7. The Balaban J connectivity index is 1.78. The summed E-state index contributed by atoms with van der Waals surface area (Å²) in [7, 11) is 1.51. The largest absolute Gasteiger partial charge is 0.497 e. The van der Waals surface area contributed by atoms with Crippen molar-refractivity contribution in [2.24, 2.45) is 0 Å². The van der Waals surface area contributed by atoms with Crippen LogP contribution in [0.15, 0.2) is 52.5 Å². The van der Waals surface area contributed by atoms with Crippen LogP contribution in [0.5, 0.6) is 11.5 Å². The Morgan fingerprint density at radius 1 is 1.10 bits per heavy atom. The van der Waals surface area contributed by atoms with Crippen molar-refractivity contribution in [1.29, 1.82) is 0 Å². The van der Waals surface area contributed by atoms with Crippen LogP contribution in [0.3, 0.4) is 0 Å². The quantitative estimate of drug-likeness (QED) is 0.282. The summed E-state index contributed by atoms with van der Waals surface area (Å²) >= 11 is 6.63. The Kier molecular flexibility index (Phi) is 8.93. The maximum absolute atomic E-state index is 14.0. The summed E-state index contributed by atoms with van der Waals surface area (Å²) in [5, 5.41) is 3.50. The molecule has 0 saturated heterocycles. The van der Waals surface area contributed by atoms with Crippen molar-refractivity contribution in [2.75, 3.05) is 25.8 Å². The predicted molar refractivity (Wildman–Crippen MR) is 157 cm³/mol. The first-order chi connectivity index (χ1) is 19.4. The van der Waals surface area contributed by atoms with E-state index in [1.807, 2.05) is 0 Å². The van der Waals surface area contributed by atoms with E-state index in [-0.39, 0.29) is 27.8 Å². The van der Waals surface area contributed by atoms with Crippen LogP contribution in [0, 0.1) is 0 Å². The zero-order valence-corrected chi connectivity index (χ0v) is 25.1. The third kappa shape index (κ3) is 7.01. The number of aromatic nitrogens is 4. The topological polar surface area (TPSA) is 135 Å². The summed E-state index contributed by atoms with van der Waals surface area (Å²) in [5.41, 5.74) is 0.569. The number of hydrogen-bond donors (Lipinski definition) is 1. The molecule has 4 aromatic rings. The molecule has 1 atom stereocenters. The van der Waals surface area contributed by atoms with Gasteiger partial charge in [-0.1, -0.05) is 17.7 Å². The van der Waals surface area contributed by atoms with Crippen LogP contribution in [0.4, 0.5) is 10.6 Å². The van der Waals surface area contributed by atoms with Gasteiger partial charge in [-0.3, -0.25) is 18.9 Å². The van der Waals surface area contributed by atoms with Gasteiger partial charge in [0.15, 0.2) is 0 Å². The summed E-state index contributed by atoms with van der Waals surface area (Å²) in [6, 6.07) is 10.1. The molecular formula is C28H30ClN5O6S. The van der Waals surface area contributed by atoms with Crippen LogP contribution >= 0.6 is 11.6 Å². The first kappa shape index (κ1) is 29.9. The van der Waals surface area contributed by atoms with E-state index in [2.05, 4.69) is 20.3 Å². The fourth-order valence-electron chi connectivity index (χ4n) is 4.04. The van der Waals surface area contributed by atoms with Gasteiger partial charge in [0, 0.05) is 53.7 Å². The Bertz CT molecular complexity index is 1700. The van der Waals surface area contributed by atoms with E-state index in [4.69, 9.17) is 25.8 Å². The number of halogens is 1. The van der Waals surface area contributed by atoms with E-state index in [1.54, 1.807) is 57.2 Å². The fraction of sp³-hybridized carbons (Fsp3) is 0.321. The second kappa shape index (κ2) is 12.2. The minimum absolute atomic E-state index is 0.0983. The standard InChI is InChI=1S/C28H30ClN5O6S/c1-28(2,3)40-27(36)32-22-9-7-8-17(31-22)10-11-34-24-16(15-30-26(33-24)41(6)37)12-20(25(34)35)19-13-18(38-4)14-21(39-5)23(19)29/h7-9,12-15H,10-11H2,1-6H3,(H,31,32,36). The molecule has 0 radical (unpaired) electrons. The number of hydrogen-bond acceptors (Lipinski definition) is 9. The summed E-state index contributed by atoms with van der Waals surface area (Å²) in [5.74, 6) is 1.11. The second-order valence-corrected chi connectivity index (χ2v) is 11.6. The summed E-state index contributed by atoms with van der Waals surface area (Å²) in [4.78, 5) is 39.3. The Labute approximate surface area is 244 Å². The zero-order chi connectivity index (χ0) is 29.9. The highest BCUT2D eigenvalue weighted by atomic mass is 35.5. The van der Waals surface area contributed by atoms with Gasteiger partial charge in [-0.25, -0.2) is 19.7 Å². The number of nitrogens with zero attached hydrogens (tertiary/aromatic N) is 4. The minimum atomic E-state index is -1.47. The number of fused-ring (bicyclic) bond motifs is 1. The lowest BCUT2D eigenvalue weighted by Gasteiger charge is -2.19. The molecule has 0 aliphatic carbocycles. The molecule has 1 amide bonds. The van der Waals surface area contributed by atoms with Crippen molar-refractivity contribution in [3.8, 4) is 22.6 Å². The van der Waals surface area contributed by atoms with E-state index in [1.165, 1.54) is 31.2 Å². The molecular weight excluding hydrogens is 570 g/mol. The molecule has 41 heavy (non-hydrogen) atoms. The normalized spacial score (nSPS) is 12.2. The molecule has 3 heterocycles. The number of rotatable bonds is 8. The fourth-order valence-corrected chi connectivity index (χ4v) is 4.74. The van der Waals surface area contributed by atoms with Gasteiger partial charge >= 0.3 is 6.09 Å². The molecule has 0 aliphatic rings. The molecule has 0 saturated carbocycles. The van der Waals surface area contributed by atoms with Gasteiger partial charge in [-0.05, 0) is 45.0 Å². The van der Waals surface area contributed by atoms with Gasteiger partial charge in [0.1, 0.15) is 28.6 Å². The lowest BCUT2D eigenvalue weighted by molar-refractivity contribution is 0.0635. The minimum Gasteiger partial charge on any atom is -0.497 e. The highest BCUT2D eigenvalue weighted by Crippen LogP contribution is 2.38. The zero-order valence-electron chi connectivity index (χ0n) is 23.5. The number of amides is 1. The molecule has 4 rings (SSSR count). The van der Waals surface area contributed by atoms with Crippen LogP contribution in [0.1, 0.15) is 26.5 Å². The van der Waals surface area contributed by atoms with Crippen molar-refractivity contribution in [2.45, 2.75) is 44.5 Å². The average molecular weight is 600 g/mol. The molecule has 1 unspecified atom stereocenters. The molecule has 216 valence electrons. The van der Waals surface area contributed by atoms with Crippen molar-refractivity contribution >= 4 is 45.3 Å².